The number of H-pyrrole nitrogens is 1. The summed E-state index contributed by atoms with van der Waals surface area (Å²) >= 11 is 6.37. The van der Waals surface area contributed by atoms with Crippen molar-refractivity contribution < 1.29 is 9.53 Å². The van der Waals surface area contributed by atoms with E-state index in [4.69, 9.17) is 16.3 Å². The monoisotopic (exact) mass is 368 g/mol. The lowest BCUT2D eigenvalue weighted by Gasteiger charge is -2.05. The van der Waals surface area contributed by atoms with E-state index in [0.717, 1.165) is 11.1 Å². The van der Waals surface area contributed by atoms with Crippen LogP contribution < -0.4 is 5.56 Å². The second-order valence-electron chi connectivity index (χ2n) is 5.97. The third kappa shape index (κ3) is 3.53. The molecule has 26 heavy (non-hydrogen) atoms. The molecule has 0 bridgehead atoms. The highest BCUT2D eigenvalue weighted by Crippen LogP contribution is 2.21. The lowest BCUT2D eigenvalue weighted by Crippen LogP contribution is -2.11. The van der Waals surface area contributed by atoms with Crippen molar-refractivity contribution in [1.29, 1.82) is 0 Å². The number of ether oxygens (including phenoxy) is 1. The lowest BCUT2D eigenvalue weighted by molar-refractivity contribution is 0.0601. The second-order valence-corrected chi connectivity index (χ2v) is 6.38. The second kappa shape index (κ2) is 7.14. The molecule has 0 saturated carbocycles. The van der Waals surface area contributed by atoms with Gasteiger partial charge in [-0.1, -0.05) is 29.8 Å². The normalized spacial score (nSPS) is 11.6. The van der Waals surface area contributed by atoms with E-state index in [0.29, 0.717) is 21.5 Å². The van der Waals surface area contributed by atoms with Crippen LogP contribution in [0.2, 0.25) is 0 Å². The maximum absolute atomic E-state index is 12.3. The number of aryl methyl sites for hydroxylation is 2. The Morgan fingerprint density at radius 1 is 1.15 bits per heavy atom. The van der Waals surface area contributed by atoms with Crippen LogP contribution in [0.15, 0.2) is 41.2 Å². The molecule has 1 heterocycles. The minimum atomic E-state index is -0.493. The fourth-order valence-corrected chi connectivity index (χ4v) is 2.78. The molecule has 0 aliphatic carbocycles. The van der Waals surface area contributed by atoms with Gasteiger partial charge in [0.1, 0.15) is 0 Å². The van der Waals surface area contributed by atoms with Crippen LogP contribution in [0, 0.1) is 13.8 Å². The minimum Gasteiger partial charge on any atom is -0.465 e. The molecule has 0 aliphatic heterocycles. The third-order valence-corrected chi connectivity index (χ3v) is 4.47. The fourth-order valence-electron chi connectivity index (χ4n) is 2.57. The Labute approximate surface area is 155 Å². The van der Waals surface area contributed by atoms with Crippen LogP contribution in [0.1, 0.15) is 32.9 Å². The molecule has 1 N–H and O–H groups in total. The molecule has 3 aromatic rings. The molecular formula is C20H17ClN2O3. The van der Waals surface area contributed by atoms with Gasteiger partial charge in [0, 0.05) is 0 Å². The number of esters is 1. The van der Waals surface area contributed by atoms with Gasteiger partial charge >= 0.3 is 5.97 Å². The first-order chi connectivity index (χ1) is 12.4. The molecule has 0 unspecified atom stereocenters. The fraction of sp³-hybridized carbons (Fsp3) is 0.150. The van der Waals surface area contributed by atoms with E-state index in [-0.39, 0.29) is 11.4 Å². The highest BCUT2D eigenvalue weighted by Gasteiger charge is 2.11. The number of hydrogen-bond acceptors (Lipinski definition) is 4. The van der Waals surface area contributed by atoms with Gasteiger partial charge in [-0.05, 0) is 54.8 Å². The van der Waals surface area contributed by atoms with Crippen LogP contribution in [0.3, 0.4) is 0 Å². The van der Waals surface area contributed by atoms with Gasteiger partial charge in [0.15, 0.2) is 5.82 Å². The molecule has 0 spiro atoms. The summed E-state index contributed by atoms with van der Waals surface area (Å²) in [7, 11) is 1.30. The summed E-state index contributed by atoms with van der Waals surface area (Å²) in [6.45, 7) is 4.05. The quantitative estimate of drug-likeness (QED) is 0.707. The molecule has 5 nitrogen and oxygen atoms in total. The van der Waals surface area contributed by atoms with Gasteiger partial charge in [0.2, 0.25) is 0 Å². The Kier molecular flexibility index (Phi) is 4.91. The number of methoxy groups -OCH3 is 1. The molecule has 0 atom stereocenters. The highest BCUT2D eigenvalue weighted by molar-refractivity contribution is 6.50. The van der Waals surface area contributed by atoms with Crippen LogP contribution in [0.25, 0.3) is 22.0 Å². The first-order valence-electron chi connectivity index (χ1n) is 7.96. The summed E-state index contributed by atoms with van der Waals surface area (Å²) in [5.41, 5.74) is 3.60. The van der Waals surface area contributed by atoms with Crippen LogP contribution in [0.4, 0.5) is 0 Å². The van der Waals surface area contributed by atoms with E-state index < -0.39 is 5.97 Å². The topological polar surface area (TPSA) is 72.1 Å². The molecule has 0 aliphatic rings. The molecule has 3 rings (SSSR count). The Morgan fingerprint density at radius 2 is 1.92 bits per heavy atom. The van der Waals surface area contributed by atoms with Crippen LogP contribution >= 0.6 is 11.6 Å². The maximum atomic E-state index is 12.3. The van der Waals surface area contributed by atoms with Crippen molar-refractivity contribution in [3.8, 4) is 0 Å². The van der Waals surface area contributed by atoms with E-state index in [2.05, 4.69) is 9.97 Å². The van der Waals surface area contributed by atoms with Crippen molar-refractivity contribution in [3.05, 3.63) is 74.8 Å². The molecule has 0 amide bonds. The molecule has 0 saturated heterocycles. The lowest BCUT2D eigenvalue weighted by atomic mass is 10.1. The summed E-state index contributed by atoms with van der Waals surface area (Å²) in [5.74, 6) is -0.253. The standard InChI is InChI=1S/C20H17ClN2O3/c1-11-4-5-13(8-12(11)2)9-16(21)18-22-17-10-14(20(25)26-3)6-7-15(17)19(24)23-18/h4-10H,1-3H3,(H,22,23,24). The van der Waals surface area contributed by atoms with Crippen LogP contribution in [-0.4, -0.2) is 23.0 Å². The van der Waals surface area contributed by atoms with Gasteiger partial charge in [-0.3, -0.25) is 4.79 Å². The van der Waals surface area contributed by atoms with Gasteiger partial charge < -0.3 is 9.72 Å². The van der Waals surface area contributed by atoms with Crippen molar-refractivity contribution >= 4 is 39.6 Å². The van der Waals surface area contributed by atoms with Crippen LogP contribution in [0.5, 0.6) is 0 Å². The van der Waals surface area contributed by atoms with Gasteiger partial charge in [0.05, 0.1) is 28.6 Å². The first kappa shape index (κ1) is 17.9. The predicted octanol–water partition coefficient (Wildman–Crippen LogP) is 4.06. The SMILES string of the molecule is COC(=O)c1ccc2c(=O)[nH]c(C(Cl)=Cc3ccc(C)c(C)c3)nc2c1. The number of halogens is 1. The largest absolute Gasteiger partial charge is 0.465 e. The van der Waals surface area contributed by atoms with Gasteiger partial charge in [-0.2, -0.15) is 0 Å². The maximum Gasteiger partial charge on any atom is 0.337 e. The molecule has 0 fully saturated rings. The molecule has 0 radical (unpaired) electrons. The Balaban J connectivity index is 2.08. The third-order valence-electron chi connectivity index (χ3n) is 4.18. The van der Waals surface area contributed by atoms with Gasteiger partial charge in [0.25, 0.3) is 5.56 Å². The van der Waals surface area contributed by atoms with Crippen molar-refractivity contribution in [2.45, 2.75) is 13.8 Å². The van der Waals surface area contributed by atoms with Gasteiger partial charge in [-0.15, -0.1) is 0 Å². The average molecular weight is 369 g/mol. The highest BCUT2D eigenvalue weighted by atomic mass is 35.5. The number of carbonyl (C=O) groups is 1. The van der Waals surface area contributed by atoms with E-state index in [9.17, 15) is 9.59 Å². The van der Waals surface area contributed by atoms with Crippen LogP contribution in [-0.2, 0) is 4.74 Å². The Hall–Kier alpha value is -2.92. The van der Waals surface area contributed by atoms with Crippen molar-refractivity contribution in [2.24, 2.45) is 0 Å². The number of nitrogens with one attached hydrogen (secondary N) is 1. The zero-order valence-corrected chi connectivity index (χ0v) is 15.3. The number of benzene rings is 2. The minimum absolute atomic E-state index is 0.240. The average Bonchev–Trinajstić information content (AvgIpc) is 2.63. The molecule has 2 aromatic carbocycles. The predicted molar refractivity (Wildman–Crippen MR) is 103 cm³/mol. The number of fused-ring (bicyclic) bond motifs is 1. The van der Waals surface area contributed by atoms with E-state index in [1.807, 2.05) is 32.0 Å². The van der Waals surface area contributed by atoms with E-state index in [1.165, 1.54) is 30.9 Å². The Morgan fingerprint density at radius 3 is 2.62 bits per heavy atom. The number of nitrogens with zero attached hydrogens (tertiary/aromatic N) is 1. The number of hydrogen-bond donors (Lipinski definition) is 1. The van der Waals surface area contributed by atoms with Gasteiger partial charge in [-0.25, -0.2) is 9.78 Å². The number of rotatable bonds is 3. The summed E-state index contributed by atoms with van der Waals surface area (Å²) < 4.78 is 4.70. The molecular weight excluding hydrogens is 352 g/mol. The molecule has 6 heteroatoms. The Bertz CT molecular complexity index is 1100. The number of carbonyl (C=O) groups excluding carboxylic acids is 1. The molecule has 1 aromatic heterocycles. The first-order valence-corrected chi connectivity index (χ1v) is 8.34. The zero-order chi connectivity index (χ0) is 18.8. The smallest absolute Gasteiger partial charge is 0.337 e. The van der Waals surface area contributed by atoms with Crippen molar-refractivity contribution in [1.82, 2.24) is 9.97 Å². The summed E-state index contributed by atoms with van der Waals surface area (Å²) in [6.07, 6.45) is 1.74. The number of aromatic nitrogens is 2. The molecule has 132 valence electrons. The van der Waals surface area contributed by atoms with Crippen molar-refractivity contribution in [2.75, 3.05) is 7.11 Å². The zero-order valence-electron chi connectivity index (χ0n) is 14.6. The van der Waals surface area contributed by atoms with E-state index >= 15 is 0 Å². The number of aromatic amines is 1. The summed E-state index contributed by atoms with van der Waals surface area (Å²) in [5, 5.41) is 0.674. The van der Waals surface area contributed by atoms with E-state index in [1.54, 1.807) is 6.08 Å². The van der Waals surface area contributed by atoms with Crippen molar-refractivity contribution in [3.63, 3.8) is 0 Å². The summed E-state index contributed by atoms with van der Waals surface area (Å²) in [6, 6.07) is 10.5. The summed E-state index contributed by atoms with van der Waals surface area (Å²) in [4.78, 5) is 31.1.